The van der Waals surface area contributed by atoms with Gasteiger partial charge in [0, 0.05) is 44.8 Å². The Morgan fingerprint density at radius 2 is 2.08 bits per heavy atom. The second kappa shape index (κ2) is 7.62. The van der Waals surface area contributed by atoms with Crippen LogP contribution in [0.4, 0.5) is 10.5 Å². The highest BCUT2D eigenvalue weighted by Crippen LogP contribution is 2.28. The van der Waals surface area contributed by atoms with Crippen molar-refractivity contribution < 1.29 is 14.3 Å². The van der Waals surface area contributed by atoms with Gasteiger partial charge in [0.15, 0.2) is 0 Å². The molecular weight excluding hydrogens is 318 g/mol. The lowest BCUT2D eigenvalue weighted by atomic mass is 9.97. The number of hydrogen-bond donors (Lipinski definition) is 1. The van der Waals surface area contributed by atoms with E-state index in [2.05, 4.69) is 10.2 Å². The smallest absolute Gasteiger partial charge is 0.321 e. The maximum atomic E-state index is 12.7. The molecule has 25 heavy (non-hydrogen) atoms. The number of anilines is 1. The lowest BCUT2D eigenvalue weighted by molar-refractivity contribution is 0.0252. The second-order valence-electron chi connectivity index (χ2n) is 7.22. The molecule has 4 rings (SSSR count). The van der Waals surface area contributed by atoms with Gasteiger partial charge >= 0.3 is 6.03 Å². The monoisotopic (exact) mass is 345 g/mol. The summed E-state index contributed by atoms with van der Waals surface area (Å²) in [6.07, 6.45) is 3.21. The highest BCUT2D eigenvalue weighted by molar-refractivity contribution is 5.89. The van der Waals surface area contributed by atoms with Gasteiger partial charge in [0.2, 0.25) is 0 Å². The number of piperidine rings is 1. The van der Waals surface area contributed by atoms with Crippen molar-refractivity contribution in [1.29, 1.82) is 0 Å². The van der Waals surface area contributed by atoms with Crippen LogP contribution in [0.2, 0.25) is 0 Å². The molecule has 2 amide bonds. The van der Waals surface area contributed by atoms with E-state index in [1.54, 1.807) is 0 Å². The van der Waals surface area contributed by atoms with Gasteiger partial charge in [-0.05, 0) is 42.5 Å². The fraction of sp³-hybridized carbons (Fsp3) is 0.632. The molecule has 6 heteroatoms. The lowest BCUT2D eigenvalue weighted by Crippen LogP contribution is -2.47. The molecule has 0 aromatic heterocycles. The topological polar surface area (TPSA) is 54.0 Å². The number of carbonyl (C=O) groups excluding carboxylic acids is 1. The first kappa shape index (κ1) is 16.7. The summed E-state index contributed by atoms with van der Waals surface area (Å²) in [4.78, 5) is 17.1. The number of likely N-dealkylation sites (tertiary alicyclic amines) is 1. The summed E-state index contributed by atoms with van der Waals surface area (Å²) in [5.74, 6) is 1.51. The van der Waals surface area contributed by atoms with Gasteiger partial charge in [-0.15, -0.1) is 0 Å². The molecule has 3 aliphatic heterocycles. The van der Waals surface area contributed by atoms with Gasteiger partial charge < -0.3 is 19.7 Å². The number of fused-ring (bicyclic) bond motifs is 1. The number of morpholine rings is 1. The summed E-state index contributed by atoms with van der Waals surface area (Å²) in [7, 11) is 0. The van der Waals surface area contributed by atoms with Crippen LogP contribution in [-0.4, -0.2) is 68.4 Å². The number of ether oxygens (including phenoxy) is 2. The van der Waals surface area contributed by atoms with Gasteiger partial charge in [-0.1, -0.05) is 0 Å². The van der Waals surface area contributed by atoms with Crippen LogP contribution in [0.15, 0.2) is 18.2 Å². The molecule has 1 N–H and O–H groups in total. The van der Waals surface area contributed by atoms with Gasteiger partial charge in [0.05, 0.1) is 19.8 Å². The van der Waals surface area contributed by atoms with E-state index >= 15 is 0 Å². The third kappa shape index (κ3) is 4.07. The highest BCUT2D eigenvalue weighted by atomic mass is 16.5. The summed E-state index contributed by atoms with van der Waals surface area (Å²) in [6.45, 7) is 7.19. The summed E-state index contributed by atoms with van der Waals surface area (Å²) in [6, 6.07) is 5.94. The molecular formula is C19H27N3O3. The van der Waals surface area contributed by atoms with Crippen molar-refractivity contribution in [2.45, 2.75) is 19.3 Å². The summed E-state index contributed by atoms with van der Waals surface area (Å²) < 4.78 is 10.9. The molecule has 0 radical (unpaired) electrons. The number of nitrogens with zero attached hydrogens (tertiary/aromatic N) is 2. The number of carbonyl (C=O) groups is 1. The summed E-state index contributed by atoms with van der Waals surface area (Å²) >= 11 is 0. The van der Waals surface area contributed by atoms with E-state index in [0.717, 1.165) is 76.8 Å². The van der Waals surface area contributed by atoms with Crippen molar-refractivity contribution in [2.75, 3.05) is 57.9 Å². The van der Waals surface area contributed by atoms with Crippen LogP contribution in [0.25, 0.3) is 0 Å². The Labute approximate surface area is 149 Å². The molecule has 1 aromatic carbocycles. The minimum absolute atomic E-state index is 0.0190. The molecule has 136 valence electrons. The third-order valence-corrected chi connectivity index (χ3v) is 5.37. The zero-order valence-corrected chi connectivity index (χ0v) is 14.7. The Hall–Kier alpha value is -1.79. The minimum atomic E-state index is 0.0190. The predicted molar refractivity (Wildman–Crippen MR) is 96.2 cm³/mol. The van der Waals surface area contributed by atoms with Gasteiger partial charge in [-0.3, -0.25) is 4.90 Å². The highest BCUT2D eigenvalue weighted by Gasteiger charge is 2.26. The van der Waals surface area contributed by atoms with Crippen LogP contribution in [0, 0.1) is 5.92 Å². The van der Waals surface area contributed by atoms with Gasteiger partial charge in [-0.25, -0.2) is 4.79 Å². The van der Waals surface area contributed by atoms with E-state index in [4.69, 9.17) is 9.47 Å². The van der Waals surface area contributed by atoms with Crippen LogP contribution in [-0.2, 0) is 11.2 Å². The first-order valence-electron chi connectivity index (χ1n) is 9.40. The predicted octanol–water partition coefficient (Wildman–Crippen LogP) is 2.20. The van der Waals surface area contributed by atoms with Crippen molar-refractivity contribution in [1.82, 2.24) is 9.80 Å². The van der Waals surface area contributed by atoms with Gasteiger partial charge in [-0.2, -0.15) is 0 Å². The number of urea groups is 1. The van der Waals surface area contributed by atoms with Crippen molar-refractivity contribution >= 4 is 11.7 Å². The number of amides is 2. The molecule has 0 saturated carbocycles. The number of benzene rings is 1. The van der Waals surface area contributed by atoms with Crippen LogP contribution in [0.5, 0.6) is 5.75 Å². The lowest BCUT2D eigenvalue weighted by Gasteiger charge is -2.36. The Balaban J connectivity index is 1.32. The molecule has 2 saturated heterocycles. The van der Waals surface area contributed by atoms with Crippen molar-refractivity contribution in [3.63, 3.8) is 0 Å². The van der Waals surface area contributed by atoms with Crippen LogP contribution in [0.1, 0.15) is 18.4 Å². The summed E-state index contributed by atoms with van der Waals surface area (Å²) in [5, 5.41) is 3.06. The third-order valence-electron chi connectivity index (χ3n) is 5.37. The number of rotatable bonds is 3. The van der Waals surface area contributed by atoms with Crippen LogP contribution in [0.3, 0.4) is 0 Å². The Kier molecular flexibility index (Phi) is 5.08. The van der Waals surface area contributed by atoms with Crippen molar-refractivity contribution in [3.8, 4) is 5.75 Å². The van der Waals surface area contributed by atoms with Crippen molar-refractivity contribution in [3.05, 3.63) is 23.8 Å². The van der Waals surface area contributed by atoms with Gasteiger partial charge in [0.25, 0.3) is 0 Å². The van der Waals surface area contributed by atoms with Crippen LogP contribution >= 0.6 is 0 Å². The Morgan fingerprint density at radius 3 is 2.96 bits per heavy atom. The van der Waals surface area contributed by atoms with Gasteiger partial charge in [0.1, 0.15) is 5.75 Å². The quantitative estimate of drug-likeness (QED) is 0.912. The molecule has 0 bridgehead atoms. The molecule has 6 nitrogen and oxygen atoms in total. The largest absolute Gasteiger partial charge is 0.493 e. The molecule has 2 fully saturated rings. The normalized spacial score (nSPS) is 23.8. The molecule has 0 aliphatic carbocycles. The van der Waals surface area contributed by atoms with E-state index in [0.29, 0.717) is 5.92 Å². The first-order chi connectivity index (χ1) is 12.3. The average Bonchev–Trinajstić information content (AvgIpc) is 3.10. The fourth-order valence-electron chi connectivity index (χ4n) is 4.01. The van der Waals surface area contributed by atoms with Crippen molar-refractivity contribution in [2.24, 2.45) is 5.92 Å². The van der Waals surface area contributed by atoms with Crippen LogP contribution < -0.4 is 10.1 Å². The van der Waals surface area contributed by atoms with E-state index in [9.17, 15) is 4.79 Å². The fourth-order valence-corrected chi connectivity index (χ4v) is 4.01. The number of nitrogens with one attached hydrogen (secondary N) is 1. The number of hydrogen-bond acceptors (Lipinski definition) is 4. The zero-order chi connectivity index (χ0) is 17.1. The first-order valence-corrected chi connectivity index (χ1v) is 9.40. The zero-order valence-electron chi connectivity index (χ0n) is 14.7. The standard InChI is InChI=1S/C19H27N3O3/c23-19(20-17-3-4-18-16(12-17)5-9-25-18)22-6-1-2-15(14-22)13-21-7-10-24-11-8-21/h3-4,12,15H,1-2,5-11,13-14H2,(H,20,23)/t15-/m0/s1. The Bertz CT molecular complexity index is 616. The molecule has 1 atom stereocenters. The van der Waals surface area contributed by atoms with E-state index < -0.39 is 0 Å². The maximum absolute atomic E-state index is 12.7. The molecule has 3 heterocycles. The minimum Gasteiger partial charge on any atom is -0.493 e. The van der Waals surface area contributed by atoms with E-state index in [-0.39, 0.29) is 6.03 Å². The summed E-state index contributed by atoms with van der Waals surface area (Å²) in [5.41, 5.74) is 2.05. The molecule has 1 aromatic rings. The van der Waals surface area contributed by atoms with E-state index in [1.807, 2.05) is 23.1 Å². The van der Waals surface area contributed by atoms with E-state index in [1.165, 1.54) is 12.0 Å². The average molecular weight is 345 g/mol. The molecule has 0 spiro atoms. The molecule has 0 unspecified atom stereocenters. The molecule has 3 aliphatic rings. The Morgan fingerprint density at radius 1 is 1.20 bits per heavy atom. The second-order valence-corrected chi connectivity index (χ2v) is 7.22. The SMILES string of the molecule is O=C(Nc1ccc2c(c1)CCO2)N1CCC[C@@H](CN2CCOCC2)C1. The maximum Gasteiger partial charge on any atom is 0.321 e.